The van der Waals surface area contributed by atoms with E-state index in [4.69, 9.17) is 11.6 Å². The smallest absolute Gasteiger partial charge is 0.0821 e. The standard InChI is InChI=1S/C8H11ClN2/c1-3-5-8-7(9)6-10-11(8)4-2/h3,6H,1,4-5H2,2H3. The lowest BCUT2D eigenvalue weighted by atomic mass is 10.3. The van der Waals surface area contributed by atoms with Crippen molar-refractivity contribution >= 4 is 11.6 Å². The van der Waals surface area contributed by atoms with Gasteiger partial charge in [0.25, 0.3) is 0 Å². The zero-order valence-electron chi connectivity index (χ0n) is 6.55. The molecule has 0 spiro atoms. The maximum absolute atomic E-state index is 5.87. The molecule has 0 radical (unpaired) electrons. The largest absolute Gasteiger partial charge is 0.268 e. The van der Waals surface area contributed by atoms with E-state index in [1.807, 2.05) is 17.7 Å². The second kappa shape index (κ2) is 3.58. The van der Waals surface area contributed by atoms with Crippen molar-refractivity contribution in [2.45, 2.75) is 19.9 Å². The Bertz CT molecular complexity index is 253. The molecule has 1 aromatic rings. The molecule has 0 aliphatic heterocycles. The maximum atomic E-state index is 5.87. The summed E-state index contributed by atoms with van der Waals surface area (Å²) in [5.74, 6) is 0. The number of aromatic nitrogens is 2. The summed E-state index contributed by atoms with van der Waals surface area (Å²) in [7, 11) is 0. The molecule has 0 unspecified atom stereocenters. The molecule has 0 amide bonds. The maximum Gasteiger partial charge on any atom is 0.0821 e. The summed E-state index contributed by atoms with van der Waals surface area (Å²) in [5, 5.41) is 4.82. The highest BCUT2D eigenvalue weighted by Crippen LogP contribution is 2.15. The Kier molecular flexibility index (Phi) is 2.71. The summed E-state index contributed by atoms with van der Waals surface area (Å²) in [6, 6.07) is 0. The lowest BCUT2D eigenvalue weighted by Crippen LogP contribution is -2.01. The van der Waals surface area contributed by atoms with Gasteiger partial charge in [-0.15, -0.1) is 6.58 Å². The van der Waals surface area contributed by atoms with E-state index in [0.717, 1.165) is 23.7 Å². The van der Waals surface area contributed by atoms with Crippen LogP contribution in [0.25, 0.3) is 0 Å². The van der Waals surface area contributed by atoms with E-state index in [9.17, 15) is 0 Å². The van der Waals surface area contributed by atoms with Crippen LogP contribution in [0.3, 0.4) is 0 Å². The van der Waals surface area contributed by atoms with Crippen LogP contribution < -0.4 is 0 Å². The Labute approximate surface area is 71.5 Å². The minimum atomic E-state index is 0.728. The van der Waals surface area contributed by atoms with Crippen molar-refractivity contribution in [3.63, 3.8) is 0 Å². The Hall–Kier alpha value is -0.760. The third-order valence-electron chi connectivity index (χ3n) is 1.53. The number of halogens is 1. The number of nitrogens with zero attached hydrogens (tertiary/aromatic N) is 2. The van der Waals surface area contributed by atoms with E-state index in [2.05, 4.69) is 11.7 Å². The zero-order valence-corrected chi connectivity index (χ0v) is 7.30. The molecule has 0 fully saturated rings. The fourth-order valence-corrected chi connectivity index (χ4v) is 1.22. The molecule has 1 rings (SSSR count). The summed E-state index contributed by atoms with van der Waals surface area (Å²) in [6.07, 6.45) is 4.28. The molecule has 0 aliphatic carbocycles. The van der Waals surface area contributed by atoms with Crippen LogP contribution in [0, 0.1) is 0 Å². The van der Waals surface area contributed by atoms with Gasteiger partial charge in [0, 0.05) is 13.0 Å². The molecule has 1 heterocycles. The van der Waals surface area contributed by atoms with Crippen LogP contribution in [-0.4, -0.2) is 9.78 Å². The van der Waals surface area contributed by atoms with E-state index in [1.54, 1.807) is 6.20 Å². The molecule has 0 atom stereocenters. The van der Waals surface area contributed by atoms with Gasteiger partial charge in [-0.1, -0.05) is 17.7 Å². The Morgan fingerprint density at radius 2 is 2.55 bits per heavy atom. The van der Waals surface area contributed by atoms with Gasteiger partial charge in [0.2, 0.25) is 0 Å². The number of hydrogen-bond donors (Lipinski definition) is 0. The molecule has 2 nitrogen and oxygen atoms in total. The van der Waals surface area contributed by atoms with Crippen molar-refractivity contribution in [3.05, 3.63) is 29.6 Å². The second-order valence-corrected chi connectivity index (χ2v) is 2.65. The van der Waals surface area contributed by atoms with E-state index in [1.165, 1.54) is 0 Å². The predicted octanol–water partition coefficient (Wildman–Crippen LogP) is 2.28. The van der Waals surface area contributed by atoms with Crippen molar-refractivity contribution in [2.24, 2.45) is 0 Å². The van der Waals surface area contributed by atoms with E-state index >= 15 is 0 Å². The van der Waals surface area contributed by atoms with Crippen LogP contribution in [0.4, 0.5) is 0 Å². The minimum Gasteiger partial charge on any atom is -0.268 e. The predicted molar refractivity (Wildman–Crippen MR) is 46.8 cm³/mol. The first-order valence-electron chi connectivity index (χ1n) is 3.60. The first-order chi connectivity index (χ1) is 5.29. The Morgan fingerprint density at radius 1 is 1.82 bits per heavy atom. The van der Waals surface area contributed by atoms with Crippen LogP contribution in [0.2, 0.25) is 5.02 Å². The van der Waals surface area contributed by atoms with Gasteiger partial charge in [-0.2, -0.15) is 5.10 Å². The van der Waals surface area contributed by atoms with Gasteiger partial charge in [0.15, 0.2) is 0 Å². The van der Waals surface area contributed by atoms with Crippen molar-refractivity contribution in [2.75, 3.05) is 0 Å². The molecule has 0 saturated carbocycles. The molecule has 11 heavy (non-hydrogen) atoms. The summed E-state index contributed by atoms with van der Waals surface area (Å²) >= 11 is 5.87. The number of rotatable bonds is 3. The van der Waals surface area contributed by atoms with Crippen LogP contribution in [-0.2, 0) is 13.0 Å². The first kappa shape index (κ1) is 8.34. The van der Waals surface area contributed by atoms with Crippen LogP contribution >= 0.6 is 11.6 Å². The van der Waals surface area contributed by atoms with Crippen molar-refractivity contribution < 1.29 is 0 Å². The lowest BCUT2D eigenvalue weighted by molar-refractivity contribution is 0.632. The molecule has 3 heteroatoms. The van der Waals surface area contributed by atoms with Gasteiger partial charge in [-0.05, 0) is 6.92 Å². The zero-order chi connectivity index (χ0) is 8.27. The van der Waals surface area contributed by atoms with Gasteiger partial charge in [-0.25, -0.2) is 0 Å². The van der Waals surface area contributed by atoms with Crippen molar-refractivity contribution in [3.8, 4) is 0 Å². The molecule has 0 saturated heterocycles. The number of allylic oxidation sites excluding steroid dienone is 1. The van der Waals surface area contributed by atoms with Crippen molar-refractivity contribution in [1.82, 2.24) is 9.78 Å². The molecule has 0 N–H and O–H groups in total. The monoisotopic (exact) mass is 170 g/mol. The van der Waals surface area contributed by atoms with Crippen LogP contribution in [0.1, 0.15) is 12.6 Å². The summed E-state index contributed by atoms with van der Waals surface area (Å²) in [6.45, 7) is 6.55. The number of aryl methyl sites for hydroxylation is 1. The fraction of sp³-hybridized carbons (Fsp3) is 0.375. The average molecular weight is 171 g/mol. The van der Waals surface area contributed by atoms with Gasteiger partial charge < -0.3 is 0 Å². The fourth-order valence-electron chi connectivity index (χ4n) is 1.000. The SMILES string of the molecule is C=CCc1c(Cl)cnn1CC. The molecule has 60 valence electrons. The highest BCUT2D eigenvalue weighted by molar-refractivity contribution is 6.31. The van der Waals surface area contributed by atoms with Gasteiger partial charge >= 0.3 is 0 Å². The highest BCUT2D eigenvalue weighted by atomic mass is 35.5. The third-order valence-corrected chi connectivity index (χ3v) is 1.85. The Balaban J connectivity index is 2.96. The third kappa shape index (κ3) is 1.63. The minimum absolute atomic E-state index is 0.728. The molecule has 0 bridgehead atoms. The summed E-state index contributed by atoms with van der Waals surface area (Å²) < 4.78 is 1.88. The summed E-state index contributed by atoms with van der Waals surface area (Å²) in [4.78, 5) is 0. The molecule has 0 aliphatic rings. The Morgan fingerprint density at radius 3 is 3.09 bits per heavy atom. The van der Waals surface area contributed by atoms with Gasteiger partial charge in [-0.3, -0.25) is 4.68 Å². The van der Waals surface area contributed by atoms with Crippen LogP contribution in [0.15, 0.2) is 18.9 Å². The lowest BCUT2D eigenvalue weighted by Gasteiger charge is -2.00. The molecular formula is C8H11ClN2. The molecule has 0 aromatic carbocycles. The number of hydrogen-bond acceptors (Lipinski definition) is 1. The van der Waals surface area contributed by atoms with Gasteiger partial charge in [0.05, 0.1) is 16.9 Å². The van der Waals surface area contributed by atoms with E-state index in [0.29, 0.717) is 0 Å². The quantitative estimate of drug-likeness (QED) is 0.637. The van der Waals surface area contributed by atoms with Gasteiger partial charge in [0.1, 0.15) is 0 Å². The van der Waals surface area contributed by atoms with E-state index in [-0.39, 0.29) is 0 Å². The van der Waals surface area contributed by atoms with Crippen molar-refractivity contribution in [1.29, 1.82) is 0 Å². The average Bonchev–Trinajstić information content (AvgIpc) is 2.34. The molecular weight excluding hydrogens is 160 g/mol. The summed E-state index contributed by atoms with van der Waals surface area (Å²) in [5.41, 5.74) is 1.05. The second-order valence-electron chi connectivity index (χ2n) is 2.25. The molecule has 1 aromatic heterocycles. The van der Waals surface area contributed by atoms with E-state index < -0.39 is 0 Å². The normalized spacial score (nSPS) is 10.0. The first-order valence-corrected chi connectivity index (χ1v) is 3.98. The topological polar surface area (TPSA) is 17.8 Å². The van der Waals surface area contributed by atoms with Crippen LogP contribution in [0.5, 0.6) is 0 Å². The highest BCUT2D eigenvalue weighted by Gasteiger charge is 2.04.